The van der Waals surface area contributed by atoms with Crippen LogP contribution in [0.25, 0.3) is 10.4 Å². The number of phosphoric ester groups is 1. The van der Waals surface area contributed by atoms with E-state index in [2.05, 4.69) is 16.6 Å². The SMILES string of the molecule is C=CCOC(=O)OC1[C@H](OP2(=O)OCc3ccccc3CO2)C(COCCCC)O[C@@H](O[Si](C)(C)C(C)(C)C)[C@H]1N=[N+]=[N-]. The van der Waals surface area contributed by atoms with E-state index in [1.807, 2.05) is 65.1 Å². The first-order chi connectivity index (χ1) is 20.3. The summed E-state index contributed by atoms with van der Waals surface area (Å²) in [4.78, 5) is 15.8. The molecule has 5 atom stereocenters. The monoisotopic (exact) mass is 641 g/mol. The average Bonchev–Trinajstić information content (AvgIpc) is 3.11. The largest absolute Gasteiger partial charge is 0.508 e. The second-order valence-corrected chi connectivity index (χ2v) is 18.2. The first-order valence-corrected chi connectivity index (χ1v) is 18.7. The Morgan fingerprint density at radius 3 is 2.42 bits per heavy atom. The molecule has 43 heavy (non-hydrogen) atoms. The number of fused-ring (bicyclic) bond motifs is 1. The van der Waals surface area contributed by atoms with Gasteiger partial charge in [-0.2, -0.15) is 0 Å². The molecule has 1 aromatic carbocycles. The second kappa shape index (κ2) is 15.7. The number of ether oxygens (including phenoxy) is 4. The van der Waals surface area contributed by atoms with Gasteiger partial charge in [0.2, 0.25) is 0 Å². The molecule has 2 unspecified atom stereocenters. The van der Waals surface area contributed by atoms with Gasteiger partial charge in [0.1, 0.15) is 31.0 Å². The van der Waals surface area contributed by atoms with E-state index in [0.29, 0.717) is 6.61 Å². The van der Waals surface area contributed by atoms with Crippen LogP contribution in [-0.4, -0.2) is 64.9 Å². The summed E-state index contributed by atoms with van der Waals surface area (Å²) in [6.07, 6.45) is -2.84. The van der Waals surface area contributed by atoms with Gasteiger partial charge in [0, 0.05) is 11.5 Å². The Morgan fingerprint density at radius 2 is 1.86 bits per heavy atom. The number of unbranched alkanes of at least 4 members (excludes halogenated alkanes) is 1. The summed E-state index contributed by atoms with van der Waals surface area (Å²) < 4.78 is 61.0. The van der Waals surface area contributed by atoms with E-state index in [1.165, 1.54) is 6.08 Å². The van der Waals surface area contributed by atoms with Crippen molar-refractivity contribution in [3.8, 4) is 0 Å². The minimum Gasteiger partial charge on any atom is -0.430 e. The second-order valence-electron chi connectivity index (χ2n) is 11.8. The van der Waals surface area contributed by atoms with Crippen LogP contribution in [0.4, 0.5) is 4.79 Å². The van der Waals surface area contributed by atoms with Gasteiger partial charge in [0.05, 0.1) is 19.8 Å². The Labute approximate surface area is 254 Å². The van der Waals surface area contributed by atoms with Crippen LogP contribution in [0.3, 0.4) is 0 Å². The van der Waals surface area contributed by atoms with Crippen molar-refractivity contribution in [1.82, 2.24) is 0 Å². The fourth-order valence-electron chi connectivity index (χ4n) is 4.14. The molecule has 0 N–H and O–H groups in total. The highest BCUT2D eigenvalue weighted by Gasteiger charge is 2.54. The van der Waals surface area contributed by atoms with E-state index in [1.54, 1.807) is 0 Å². The van der Waals surface area contributed by atoms with Crippen molar-refractivity contribution in [2.75, 3.05) is 19.8 Å². The molecule has 0 spiro atoms. The van der Waals surface area contributed by atoms with Crippen molar-refractivity contribution in [2.45, 2.75) is 103 Å². The first-order valence-electron chi connectivity index (χ1n) is 14.4. The van der Waals surface area contributed by atoms with Crippen molar-refractivity contribution < 1.29 is 46.3 Å². The number of hydrogen-bond acceptors (Lipinski definition) is 11. The topological polar surface area (TPSA) is 157 Å². The van der Waals surface area contributed by atoms with Gasteiger partial charge >= 0.3 is 14.0 Å². The van der Waals surface area contributed by atoms with Gasteiger partial charge < -0.3 is 23.4 Å². The predicted molar refractivity (Wildman–Crippen MR) is 161 cm³/mol. The molecule has 15 heteroatoms. The lowest BCUT2D eigenvalue weighted by molar-refractivity contribution is -0.245. The molecule has 0 amide bonds. The van der Waals surface area contributed by atoms with Gasteiger partial charge in [-0.3, -0.25) is 13.6 Å². The highest BCUT2D eigenvalue weighted by Crippen LogP contribution is 2.55. The molecule has 2 aliphatic heterocycles. The molecular formula is C28H44N3O10PSi. The predicted octanol–water partition coefficient (Wildman–Crippen LogP) is 7.18. The molecule has 0 saturated carbocycles. The summed E-state index contributed by atoms with van der Waals surface area (Å²) in [5.74, 6) is 0. The van der Waals surface area contributed by atoms with Gasteiger partial charge in [-0.25, -0.2) is 9.36 Å². The van der Waals surface area contributed by atoms with Crippen LogP contribution in [0.2, 0.25) is 18.1 Å². The third-order valence-electron chi connectivity index (χ3n) is 7.62. The Hall–Kier alpha value is -2.25. The number of phosphoric acid groups is 1. The standard InChI is InChI=1S/C28H44N3O10PSi/c1-8-10-16-34-19-22-24(40-42(33)36-17-20-13-11-12-14-21(20)18-37-42)25(39-27(32)35-15-9-2)23(30-31-29)26(38-22)41-43(6,7)28(3,4)5/h9,11-14,22-26H,2,8,10,15-19H2,1,3-7H3/t22?,23-,24+,25?,26-/m0/s1. The first kappa shape index (κ1) is 35.2. The Kier molecular flexibility index (Phi) is 12.8. The quantitative estimate of drug-likeness (QED) is 0.0316. The molecule has 1 aromatic rings. The van der Waals surface area contributed by atoms with Crippen molar-refractivity contribution in [1.29, 1.82) is 0 Å². The van der Waals surface area contributed by atoms with Gasteiger partial charge in [-0.1, -0.05) is 76.2 Å². The lowest BCUT2D eigenvalue weighted by Gasteiger charge is -2.47. The number of hydrogen-bond donors (Lipinski definition) is 0. The summed E-state index contributed by atoms with van der Waals surface area (Å²) in [5.41, 5.74) is 11.1. The van der Waals surface area contributed by atoms with Crippen LogP contribution in [0.15, 0.2) is 42.0 Å². The maximum atomic E-state index is 13.9. The van der Waals surface area contributed by atoms with Crippen molar-refractivity contribution in [3.63, 3.8) is 0 Å². The normalized spacial score (nSPS) is 25.5. The van der Waals surface area contributed by atoms with Gasteiger partial charge in [0.15, 0.2) is 14.6 Å². The van der Waals surface area contributed by atoms with Crippen LogP contribution in [0, 0.1) is 0 Å². The van der Waals surface area contributed by atoms with Crippen LogP contribution in [-0.2, 0) is 54.7 Å². The van der Waals surface area contributed by atoms with Gasteiger partial charge in [0.25, 0.3) is 0 Å². The van der Waals surface area contributed by atoms with E-state index in [4.69, 9.17) is 36.9 Å². The molecule has 0 aromatic heterocycles. The van der Waals surface area contributed by atoms with E-state index < -0.39 is 52.9 Å². The average molecular weight is 642 g/mol. The third-order valence-corrected chi connectivity index (χ3v) is 13.4. The summed E-state index contributed by atoms with van der Waals surface area (Å²) >= 11 is 0. The molecule has 2 aliphatic rings. The minimum absolute atomic E-state index is 0.0349. The summed E-state index contributed by atoms with van der Waals surface area (Å²) in [6, 6.07) is 6.10. The van der Waals surface area contributed by atoms with Gasteiger partial charge in [-0.05, 0) is 41.2 Å². The Balaban J connectivity index is 2.01. The summed E-state index contributed by atoms with van der Waals surface area (Å²) in [6.45, 7) is 15.9. The lowest BCUT2D eigenvalue weighted by atomic mass is 9.97. The fraction of sp³-hybridized carbons (Fsp3) is 0.679. The van der Waals surface area contributed by atoms with E-state index in [9.17, 15) is 14.9 Å². The zero-order chi connectivity index (χ0) is 31.7. The zero-order valence-corrected chi connectivity index (χ0v) is 27.7. The minimum atomic E-state index is -4.28. The number of carbonyl (C=O) groups excluding carboxylic acids is 1. The Bertz CT molecular complexity index is 1160. The molecular weight excluding hydrogens is 597 g/mol. The van der Waals surface area contributed by atoms with E-state index in [0.717, 1.165) is 24.0 Å². The molecule has 13 nitrogen and oxygen atoms in total. The highest BCUT2D eigenvalue weighted by molar-refractivity contribution is 7.48. The van der Waals surface area contributed by atoms with Crippen LogP contribution >= 0.6 is 7.82 Å². The third kappa shape index (κ3) is 9.61. The van der Waals surface area contributed by atoms with Gasteiger partial charge in [-0.15, -0.1) is 0 Å². The fourth-order valence-corrected chi connectivity index (χ4v) is 6.61. The molecule has 240 valence electrons. The number of azide groups is 1. The molecule has 3 rings (SSSR count). The summed E-state index contributed by atoms with van der Waals surface area (Å²) in [7, 11) is -6.80. The van der Waals surface area contributed by atoms with E-state index in [-0.39, 0.29) is 31.5 Å². The number of rotatable bonds is 13. The lowest BCUT2D eigenvalue weighted by Crippen LogP contribution is -2.62. The number of carbonyl (C=O) groups is 1. The van der Waals surface area contributed by atoms with Crippen LogP contribution in [0.5, 0.6) is 0 Å². The number of benzene rings is 1. The maximum absolute atomic E-state index is 13.9. The molecule has 2 heterocycles. The molecule has 1 fully saturated rings. The molecule has 0 bridgehead atoms. The van der Waals surface area contributed by atoms with Crippen molar-refractivity contribution in [2.24, 2.45) is 5.11 Å². The highest BCUT2D eigenvalue weighted by atomic mass is 31.2. The Morgan fingerprint density at radius 1 is 1.21 bits per heavy atom. The van der Waals surface area contributed by atoms with E-state index >= 15 is 0 Å². The van der Waals surface area contributed by atoms with Crippen molar-refractivity contribution >= 4 is 22.3 Å². The van der Waals surface area contributed by atoms with Crippen molar-refractivity contribution in [3.05, 3.63) is 58.5 Å². The summed E-state index contributed by atoms with van der Waals surface area (Å²) in [5, 5.41) is 3.68. The zero-order valence-electron chi connectivity index (χ0n) is 25.8. The molecule has 1 saturated heterocycles. The smallest absolute Gasteiger partial charge is 0.430 e. The van der Waals surface area contributed by atoms with Crippen LogP contribution < -0.4 is 0 Å². The maximum Gasteiger partial charge on any atom is 0.508 e. The van der Waals surface area contributed by atoms with Crippen LogP contribution in [0.1, 0.15) is 51.7 Å². The number of nitrogens with zero attached hydrogens (tertiary/aromatic N) is 3. The molecule has 0 radical (unpaired) electrons. The molecule has 0 aliphatic carbocycles.